The zero-order chi connectivity index (χ0) is 22.8. The van der Waals surface area contributed by atoms with Crippen molar-refractivity contribution >= 4 is 40.6 Å². The second kappa shape index (κ2) is 9.46. The molecule has 5 rings (SSSR count). The Kier molecular flexibility index (Phi) is 6.25. The van der Waals surface area contributed by atoms with E-state index in [4.69, 9.17) is 32.9 Å². The molecule has 0 radical (unpaired) electrons. The van der Waals surface area contributed by atoms with Crippen LogP contribution in [-0.2, 0) is 0 Å². The van der Waals surface area contributed by atoms with Gasteiger partial charge < -0.3 is 10.1 Å². The molecule has 1 fully saturated rings. The number of anilines is 1. The number of pyridine rings is 1. The third-order valence-electron chi connectivity index (χ3n) is 5.97. The number of nitrogens with zero attached hydrogens (tertiary/aromatic N) is 2. The molecule has 1 aliphatic rings. The molecule has 2 aromatic carbocycles. The van der Waals surface area contributed by atoms with Gasteiger partial charge in [0.05, 0.1) is 15.6 Å². The van der Waals surface area contributed by atoms with Gasteiger partial charge in [0.1, 0.15) is 22.9 Å². The van der Waals surface area contributed by atoms with Crippen molar-refractivity contribution in [3.63, 3.8) is 0 Å². The zero-order valence-electron chi connectivity index (χ0n) is 17.9. The first-order valence-electron chi connectivity index (χ1n) is 11.1. The van der Waals surface area contributed by atoms with Crippen LogP contribution in [0.25, 0.3) is 16.9 Å². The summed E-state index contributed by atoms with van der Waals surface area (Å²) in [6.07, 6.45) is 8.18. The van der Waals surface area contributed by atoms with E-state index in [1.165, 1.54) is 38.2 Å². The van der Waals surface area contributed by atoms with Crippen LogP contribution in [0.3, 0.4) is 0 Å². The van der Waals surface area contributed by atoms with Gasteiger partial charge in [-0.1, -0.05) is 48.5 Å². The van der Waals surface area contributed by atoms with Crippen molar-refractivity contribution < 1.29 is 9.53 Å². The number of fused-ring (bicyclic) bond motifs is 1. The molecule has 7 heteroatoms. The summed E-state index contributed by atoms with van der Waals surface area (Å²) in [5.41, 5.74) is 3.06. The van der Waals surface area contributed by atoms with E-state index in [0.717, 1.165) is 22.7 Å². The van der Waals surface area contributed by atoms with Crippen molar-refractivity contribution in [3.8, 4) is 17.0 Å². The fraction of sp³-hybridized carbons (Fsp3) is 0.231. The van der Waals surface area contributed by atoms with Gasteiger partial charge in [-0.2, -0.15) is 0 Å². The summed E-state index contributed by atoms with van der Waals surface area (Å²) in [4.78, 5) is 17.3. The number of rotatable bonds is 5. The lowest BCUT2D eigenvalue weighted by molar-refractivity contribution is 0.0735. The van der Waals surface area contributed by atoms with Gasteiger partial charge in [-0.25, -0.2) is 9.78 Å². The van der Waals surface area contributed by atoms with Crippen LogP contribution in [0.1, 0.15) is 42.5 Å². The minimum Gasteiger partial charge on any atom is -0.423 e. The fourth-order valence-electron chi connectivity index (χ4n) is 4.25. The summed E-state index contributed by atoms with van der Waals surface area (Å²) in [6.45, 7) is 0. The number of aromatic nitrogens is 2. The molecule has 2 aromatic heterocycles. The quantitative estimate of drug-likeness (QED) is 0.241. The SMILES string of the molecule is O=C(Oc1ccc(-c2nc3ccccn3c2NC2CCCCC2)cc1)c1ccc(Cl)c(Cl)c1. The third-order valence-corrected chi connectivity index (χ3v) is 6.71. The number of benzene rings is 2. The number of esters is 1. The molecule has 0 amide bonds. The molecule has 4 aromatic rings. The molecular formula is C26H23Cl2N3O2. The largest absolute Gasteiger partial charge is 0.423 e. The number of carbonyl (C=O) groups excluding carboxylic acids is 1. The van der Waals surface area contributed by atoms with Gasteiger partial charge in [0.25, 0.3) is 0 Å². The molecule has 0 saturated heterocycles. The Bertz CT molecular complexity index is 1290. The van der Waals surface area contributed by atoms with E-state index in [2.05, 4.69) is 9.72 Å². The highest BCUT2D eigenvalue weighted by Crippen LogP contribution is 2.32. The standard InChI is InChI=1S/C26H23Cl2N3O2/c27-21-14-11-18(16-22(21)28)26(32)33-20-12-9-17(10-13-20)24-25(29-19-6-2-1-3-7-19)31-15-5-4-8-23(31)30-24/h4-5,8-16,19,29H,1-3,6-7H2. The summed E-state index contributed by atoms with van der Waals surface area (Å²) in [5.74, 6) is 0.951. The number of ether oxygens (including phenoxy) is 1. The first-order chi connectivity index (χ1) is 16.1. The van der Waals surface area contributed by atoms with Crippen molar-refractivity contribution in [1.29, 1.82) is 0 Å². The molecule has 1 N–H and O–H groups in total. The highest BCUT2D eigenvalue weighted by molar-refractivity contribution is 6.42. The molecule has 0 bridgehead atoms. The Morgan fingerprint density at radius 1 is 0.970 bits per heavy atom. The summed E-state index contributed by atoms with van der Waals surface area (Å²) < 4.78 is 7.61. The number of imidazole rings is 1. The van der Waals surface area contributed by atoms with Crippen LogP contribution in [0.2, 0.25) is 10.0 Å². The Hall–Kier alpha value is -3.02. The number of nitrogens with one attached hydrogen (secondary N) is 1. The van der Waals surface area contributed by atoms with E-state index in [9.17, 15) is 4.79 Å². The van der Waals surface area contributed by atoms with Crippen molar-refractivity contribution in [2.24, 2.45) is 0 Å². The second-order valence-electron chi connectivity index (χ2n) is 8.26. The van der Waals surface area contributed by atoms with Crippen molar-refractivity contribution in [2.45, 2.75) is 38.1 Å². The lowest BCUT2D eigenvalue weighted by Crippen LogP contribution is -2.23. The van der Waals surface area contributed by atoms with Crippen LogP contribution in [-0.4, -0.2) is 21.4 Å². The Morgan fingerprint density at radius 2 is 1.76 bits per heavy atom. The normalized spacial score (nSPS) is 14.4. The Labute approximate surface area is 202 Å². The summed E-state index contributed by atoms with van der Waals surface area (Å²) in [5, 5.41) is 4.44. The zero-order valence-corrected chi connectivity index (χ0v) is 19.4. The predicted molar refractivity (Wildman–Crippen MR) is 133 cm³/mol. The highest BCUT2D eigenvalue weighted by Gasteiger charge is 2.20. The summed E-state index contributed by atoms with van der Waals surface area (Å²) >= 11 is 11.9. The number of hydrogen-bond acceptors (Lipinski definition) is 4. The average Bonchev–Trinajstić information content (AvgIpc) is 3.20. The maximum atomic E-state index is 12.5. The van der Waals surface area contributed by atoms with Crippen molar-refractivity contribution in [1.82, 2.24) is 9.38 Å². The molecule has 33 heavy (non-hydrogen) atoms. The minimum atomic E-state index is -0.492. The maximum Gasteiger partial charge on any atom is 0.343 e. The van der Waals surface area contributed by atoms with Gasteiger partial charge in [0, 0.05) is 17.8 Å². The molecule has 0 atom stereocenters. The number of halogens is 2. The smallest absolute Gasteiger partial charge is 0.343 e. The van der Waals surface area contributed by atoms with Crippen molar-refractivity contribution in [2.75, 3.05) is 5.32 Å². The molecule has 1 saturated carbocycles. The lowest BCUT2D eigenvalue weighted by Gasteiger charge is -2.24. The average molecular weight is 480 g/mol. The molecular weight excluding hydrogens is 457 g/mol. The molecule has 168 valence electrons. The van der Waals surface area contributed by atoms with E-state index < -0.39 is 5.97 Å². The molecule has 1 aliphatic carbocycles. The first kappa shape index (κ1) is 21.8. The molecule has 2 heterocycles. The van der Waals surface area contributed by atoms with Crippen LogP contribution in [0, 0.1) is 0 Å². The summed E-state index contributed by atoms with van der Waals surface area (Å²) in [6, 6.07) is 18.5. The van der Waals surface area contributed by atoms with Gasteiger partial charge in [-0.3, -0.25) is 4.40 Å². The summed E-state index contributed by atoms with van der Waals surface area (Å²) in [7, 11) is 0. The van der Waals surface area contributed by atoms with Crippen LogP contribution >= 0.6 is 23.2 Å². The second-order valence-corrected chi connectivity index (χ2v) is 9.07. The Morgan fingerprint density at radius 3 is 2.52 bits per heavy atom. The Balaban J connectivity index is 1.40. The third kappa shape index (κ3) is 4.70. The fourth-order valence-corrected chi connectivity index (χ4v) is 4.54. The lowest BCUT2D eigenvalue weighted by atomic mass is 9.95. The van der Waals surface area contributed by atoms with Crippen molar-refractivity contribution in [3.05, 3.63) is 82.5 Å². The van der Waals surface area contributed by atoms with Gasteiger partial charge in [-0.15, -0.1) is 0 Å². The van der Waals surface area contributed by atoms with Crippen LogP contribution in [0.4, 0.5) is 5.82 Å². The maximum absolute atomic E-state index is 12.5. The van der Waals surface area contributed by atoms with Gasteiger partial charge >= 0.3 is 5.97 Å². The van der Waals surface area contributed by atoms with E-state index in [0.29, 0.717) is 27.4 Å². The topological polar surface area (TPSA) is 55.6 Å². The van der Waals surface area contributed by atoms with E-state index in [1.54, 1.807) is 24.3 Å². The van der Waals surface area contributed by atoms with E-state index >= 15 is 0 Å². The van der Waals surface area contributed by atoms with Crippen LogP contribution in [0.15, 0.2) is 66.9 Å². The molecule has 0 unspecified atom stereocenters. The highest BCUT2D eigenvalue weighted by atomic mass is 35.5. The predicted octanol–water partition coefficient (Wildman–Crippen LogP) is 7.27. The van der Waals surface area contributed by atoms with Gasteiger partial charge in [0.15, 0.2) is 0 Å². The monoisotopic (exact) mass is 479 g/mol. The van der Waals surface area contributed by atoms with Crippen LogP contribution in [0.5, 0.6) is 5.75 Å². The number of carbonyl (C=O) groups is 1. The molecule has 5 nitrogen and oxygen atoms in total. The number of hydrogen-bond donors (Lipinski definition) is 1. The van der Waals surface area contributed by atoms with Gasteiger partial charge in [0.2, 0.25) is 0 Å². The van der Waals surface area contributed by atoms with E-state index in [1.807, 2.05) is 36.5 Å². The van der Waals surface area contributed by atoms with E-state index in [-0.39, 0.29) is 0 Å². The molecule has 0 spiro atoms. The molecule has 0 aliphatic heterocycles. The minimum absolute atomic E-state index is 0.311. The first-order valence-corrected chi connectivity index (χ1v) is 11.9. The van der Waals surface area contributed by atoms with Crippen LogP contribution < -0.4 is 10.1 Å². The van der Waals surface area contributed by atoms with Gasteiger partial charge in [-0.05, 0) is 67.4 Å².